The van der Waals surface area contributed by atoms with Crippen molar-refractivity contribution in [3.05, 3.63) is 42.5 Å². The number of nitrogens with zero attached hydrogens (tertiary/aromatic N) is 4. The molecular formula is C18H20FN5O. The second-order valence-corrected chi connectivity index (χ2v) is 6.29. The Morgan fingerprint density at radius 1 is 1.32 bits per heavy atom. The maximum atomic E-state index is 13.9. The number of hydrogen-bond donors (Lipinski definition) is 1. The van der Waals surface area contributed by atoms with E-state index in [1.165, 1.54) is 13.2 Å². The minimum Gasteiger partial charge on any atom is -0.494 e. The number of ether oxygens (including phenoxy) is 1. The Labute approximate surface area is 145 Å². The van der Waals surface area contributed by atoms with Gasteiger partial charge in [-0.2, -0.15) is 5.10 Å². The molecule has 1 aromatic carbocycles. The van der Waals surface area contributed by atoms with Crippen molar-refractivity contribution in [3.8, 4) is 5.75 Å². The quantitative estimate of drug-likeness (QED) is 0.791. The summed E-state index contributed by atoms with van der Waals surface area (Å²) >= 11 is 0. The van der Waals surface area contributed by atoms with Crippen molar-refractivity contribution in [1.82, 2.24) is 14.8 Å². The molecule has 1 unspecified atom stereocenters. The summed E-state index contributed by atoms with van der Waals surface area (Å²) in [7, 11) is 3.39. The lowest BCUT2D eigenvalue weighted by Gasteiger charge is -2.18. The first-order valence-corrected chi connectivity index (χ1v) is 8.27. The highest BCUT2D eigenvalue weighted by atomic mass is 19.1. The Kier molecular flexibility index (Phi) is 3.91. The smallest absolute Gasteiger partial charge is 0.167 e. The van der Waals surface area contributed by atoms with Gasteiger partial charge in [0, 0.05) is 61.8 Å². The minimum atomic E-state index is -0.401. The SMILES string of the molecule is COc1cc2c(NC3CCN(c4ccn(C)n4)C3)ccnc2cc1F. The molecule has 7 heteroatoms. The molecule has 1 fully saturated rings. The van der Waals surface area contributed by atoms with Crippen LogP contribution in [0.15, 0.2) is 36.7 Å². The molecule has 0 spiro atoms. The van der Waals surface area contributed by atoms with Crippen molar-refractivity contribution in [1.29, 1.82) is 0 Å². The van der Waals surface area contributed by atoms with Crippen LogP contribution in [-0.2, 0) is 7.05 Å². The molecule has 1 atom stereocenters. The predicted octanol–water partition coefficient (Wildman–Crippen LogP) is 2.81. The zero-order chi connectivity index (χ0) is 17.4. The molecule has 1 saturated heterocycles. The first-order valence-electron chi connectivity index (χ1n) is 8.27. The van der Waals surface area contributed by atoms with E-state index in [2.05, 4.69) is 20.3 Å². The van der Waals surface area contributed by atoms with Crippen LogP contribution in [0.4, 0.5) is 15.9 Å². The van der Waals surface area contributed by atoms with E-state index in [1.807, 2.05) is 30.1 Å². The third-order valence-electron chi connectivity index (χ3n) is 4.59. The van der Waals surface area contributed by atoms with E-state index in [0.717, 1.165) is 36.4 Å². The molecule has 4 rings (SSSR count). The highest BCUT2D eigenvalue weighted by Crippen LogP contribution is 2.30. The molecule has 6 nitrogen and oxygen atoms in total. The van der Waals surface area contributed by atoms with E-state index in [-0.39, 0.29) is 5.75 Å². The standard InChI is InChI=1S/C18H20FN5O/c1-23-7-5-18(22-23)24-8-4-12(11-24)21-15-3-6-20-16-10-14(19)17(25-2)9-13(15)16/h3,5-7,9-10,12H,4,8,11H2,1-2H3,(H,20,21). The van der Waals surface area contributed by atoms with E-state index in [9.17, 15) is 4.39 Å². The van der Waals surface area contributed by atoms with Gasteiger partial charge in [-0.15, -0.1) is 0 Å². The maximum Gasteiger partial charge on any atom is 0.167 e. The minimum absolute atomic E-state index is 0.227. The van der Waals surface area contributed by atoms with E-state index in [0.29, 0.717) is 11.6 Å². The van der Waals surface area contributed by atoms with Crippen molar-refractivity contribution in [2.75, 3.05) is 30.4 Å². The van der Waals surface area contributed by atoms with Gasteiger partial charge in [-0.05, 0) is 18.6 Å². The summed E-state index contributed by atoms with van der Waals surface area (Å²) in [6.07, 6.45) is 4.66. The fraction of sp³-hybridized carbons (Fsp3) is 0.333. The van der Waals surface area contributed by atoms with Gasteiger partial charge in [-0.1, -0.05) is 0 Å². The van der Waals surface area contributed by atoms with Gasteiger partial charge in [-0.3, -0.25) is 9.67 Å². The van der Waals surface area contributed by atoms with Gasteiger partial charge < -0.3 is 15.0 Å². The van der Waals surface area contributed by atoms with Crippen LogP contribution in [0.25, 0.3) is 10.9 Å². The number of nitrogens with one attached hydrogen (secondary N) is 1. The predicted molar refractivity (Wildman–Crippen MR) is 95.7 cm³/mol. The summed E-state index contributed by atoms with van der Waals surface area (Å²) in [5, 5.41) is 8.89. The van der Waals surface area contributed by atoms with Crippen molar-refractivity contribution in [2.24, 2.45) is 7.05 Å². The first-order chi connectivity index (χ1) is 12.1. The lowest BCUT2D eigenvalue weighted by atomic mass is 10.1. The van der Waals surface area contributed by atoms with Crippen molar-refractivity contribution in [3.63, 3.8) is 0 Å². The number of benzene rings is 1. The molecule has 130 valence electrons. The normalized spacial score (nSPS) is 17.2. The zero-order valence-electron chi connectivity index (χ0n) is 14.2. The van der Waals surface area contributed by atoms with Gasteiger partial charge in [-0.25, -0.2) is 4.39 Å². The molecule has 1 aliphatic rings. The van der Waals surface area contributed by atoms with Crippen molar-refractivity contribution in [2.45, 2.75) is 12.5 Å². The fourth-order valence-corrected chi connectivity index (χ4v) is 3.31. The van der Waals surface area contributed by atoms with Crippen molar-refractivity contribution < 1.29 is 9.13 Å². The Hall–Kier alpha value is -2.83. The summed E-state index contributed by atoms with van der Waals surface area (Å²) in [6.45, 7) is 1.83. The monoisotopic (exact) mass is 341 g/mol. The summed E-state index contributed by atoms with van der Waals surface area (Å²) in [6, 6.07) is 7.35. The number of aryl methyl sites for hydroxylation is 1. The van der Waals surface area contributed by atoms with Crippen LogP contribution in [0.2, 0.25) is 0 Å². The molecular weight excluding hydrogens is 321 g/mol. The number of pyridine rings is 1. The average Bonchev–Trinajstić information content (AvgIpc) is 3.23. The van der Waals surface area contributed by atoms with Crippen molar-refractivity contribution >= 4 is 22.4 Å². The lowest BCUT2D eigenvalue weighted by molar-refractivity contribution is 0.387. The largest absolute Gasteiger partial charge is 0.494 e. The highest BCUT2D eigenvalue weighted by molar-refractivity contribution is 5.92. The van der Waals surface area contributed by atoms with Crippen LogP contribution in [0.3, 0.4) is 0 Å². The Morgan fingerprint density at radius 3 is 2.96 bits per heavy atom. The third kappa shape index (κ3) is 2.97. The van der Waals surface area contributed by atoms with E-state index < -0.39 is 5.82 Å². The summed E-state index contributed by atoms with van der Waals surface area (Å²) in [5.74, 6) is 0.821. The molecule has 1 N–H and O–H groups in total. The van der Waals surface area contributed by atoms with Crippen LogP contribution in [-0.4, -0.2) is 41.0 Å². The Morgan fingerprint density at radius 2 is 2.20 bits per heavy atom. The second-order valence-electron chi connectivity index (χ2n) is 6.29. The number of fused-ring (bicyclic) bond motifs is 1. The van der Waals surface area contributed by atoms with E-state index in [4.69, 9.17) is 4.74 Å². The van der Waals surface area contributed by atoms with E-state index >= 15 is 0 Å². The van der Waals surface area contributed by atoms with Gasteiger partial charge in [0.25, 0.3) is 0 Å². The third-order valence-corrected chi connectivity index (χ3v) is 4.59. The zero-order valence-corrected chi connectivity index (χ0v) is 14.2. The van der Waals surface area contributed by atoms with Gasteiger partial charge in [0.2, 0.25) is 0 Å². The summed E-state index contributed by atoms with van der Waals surface area (Å²) in [4.78, 5) is 6.52. The van der Waals surface area contributed by atoms with E-state index in [1.54, 1.807) is 12.3 Å². The number of hydrogen-bond acceptors (Lipinski definition) is 5. The Bertz CT molecular complexity index is 910. The lowest BCUT2D eigenvalue weighted by Crippen LogP contribution is -2.26. The van der Waals surface area contributed by atoms with Crippen LogP contribution in [0.5, 0.6) is 5.75 Å². The Balaban J connectivity index is 1.57. The van der Waals surface area contributed by atoms with Gasteiger partial charge in [0.15, 0.2) is 17.4 Å². The molecule has 3 heterocycles. The number of aromatic nitrogens is 3. The second kappa shape index (κ2) is 6.23. The topological polar surface area (TPSA) is 55.2 Å². The van der Waals surface area contributed by atoms with Gasteiger partial charge in [0.1, 0.15) is 0 Å². The number of anilines is 2. The molecule has 1 aliphatic heterocycles. The highest BCUT2D eigenvalue weighted by Gasteiger charge is 2.24. The molecule has 0 aliphatic carbocycles. The summed E-state index contributed by atoms with van der Waals surface area (Å²) in [5.41, 5.74) is 1.55. The van der Waals surface area contributed by atoms with Crippen LogP contribution < -0.4 is 15.0 Å². The van der Waals surface area contributed by atoms with Crippen LogP contribution in [0.1, 0.15) is 6.42 Å². The average molecular weight is 341 g/mol. The van der Waals surface area contributed by atoms with Crippen LogP contribution >= 0.6 is 0 Å². The fourth-order valence-electron chi connectivity index (χ4n) is 3.31. The molecule has 0 amide bonds. The maximum absolute atomic E-state index is 13.9. The molecule has 25 heavy (non-hydrogen) atoms. The molecule has 2 aromatic heterocycles. The molecule has 0 bridgehead atoms. The van der Waals surface area contributed by atoms with Crippen LogP contribution in [0, 0.1) is 5.82 Å². The molecule has 0 saturated carbocycles. The number of rotatable bonds is 4. The first kappa shape index (κ1) is 15.7. The molecule has 3 aromatic rings. The summed E-state index contributed by atoms with van der Waals surface area (Å²) < 4.78 is 20.8. The van der Waals surface area contributed by atoms with Gasteiger partial charge in [0.05, 0.1) is 12.6 Å². The number of methoxy groups -OCH3 is 1. The number of halogens is 1. The molecule has 0 radical (unpaired) electrons. The van der Waals surface area contributed by atoms with Gasteiger partial charge >= 0.3 is 0 Å².